The average molecular weight is 514 g/mol. The van der Waals surface area contributed by atoms with Crippen LogP contribution in [0.15, 0.2) is 35.7 Å². The van der Waals surface area contributed by atoms with Gasteiger partial charge in [0.15, 0.2) is 0 Å². The van der Waals surface area contributed by atoms with Gasteiger partial charge in [0, 0.05) is 43.5 Å². The summed E-state index contributed by atoms with van der Waals surface area (Å²) in [6.45, 7) is 7.08. The van der Waals surface area contributed by atoms with Gasteiger partial charge >= 0.3 is 0 Å². The predicted octanol–water partition coefficient (Wildman–Crippen LogP) is 5.64. The number of carbonyl (C=O) groups excluding carboxylic acids is 2. The molecule has 0 N–H and O–H groups in total. The molecule has 2 aliphatic rings. The van der Waals surface area contributed by atoms with E-state index in [4.69, 9.17) is 0 Å². The van der Waals surface area contributed by atoms with Gasteiger partial charge in [-0.05, 0) is 54.5 Å². The lowest BCUT2D eigenvalue weighted by molar-refractivity contribution is -0.143. The molecule has 0 radical (unpaired) electrons. The zero-order valence-corrected chi connectivity index (χ0v) is 22.6. The van der Waals surface area contributed by atoms with E-state index in [-0.39, 0.29) is 29.7 Å². The molecule has 0 aliphatic carbocycles. The fourth-order valence-electron chi connectivity index (χ4n) is 5.63. The Bertz CT molecular complexity index is 1030. The number of benzene rings is 1. The van der Waals surface area contributed by atoms with Crippen LogP contribution >= 0.6 is 11.3 Å². The molecule has 1 saturated heterocycles. The summed E-state index contributed by atoms with van der Waals surface area (Å²) in [6, 6.07) is 8.78. The van der Waals surface area contributed by atoms with E-state index in [2.05, 4.69) is 23.3 Å². The highest BCUT2D eigenvalue weighted by Crippen LogP contribution is 2.37. The first kappa shape index (κ1) is 26.8. The van der Waals surface area contributed by atoms with Crippen LogP contribution in [0.4, 0.5) is 4.39 Å². The van der Waals surface area contributed by atoms with Gasteiger partial charge in [0.25, 0.3) is 0 Å². The number of unbranched alkanes of at least 4 members (excludes halogenated alkanes) is 5. The number of nitrogens with zero attached hydrogens (tertiary/aromatic N) is 3. The molecule has 0 spiro atoms. The van der Waals surface area contributed by atoms with Crippen LogP contribution < -0.4 is 0 Å². The lowest BCUT2D eigenvalue weighted by Gasteiger charge is -2.42. The molecule has 196 valence electrons. The lowest BCUT2D eigenvalue weighted by atomic mass is 9.93. The normalized spacial score (nSPS) is 20.4. The molecule has 1 fully saturated rings. The molecule has 3 heterocycles. The number of hydrogen-bond acceptors (Lipinski definition) is 4. The smallest absolute Gasteiger partial charge is 0.236 e. The first-order chi connectivity index (χ1) is 17.5. The summed E-state index contributed by atoms with van der Waals surface area (Å²) in [7, 11) is 0. The Kier molecular flexibility index (Phi) is 9.54. The third-order valence-electron chi connectivity index (χ3n) is 7.61. The van der Waals surface area contributed by atoms with Crippen molar-refractivity contribution in [3.63, 3.8) is 0 Å². The molecule has 2 atom stereocenters. The second-order valence-corrected chi connectivity index (χ2v) is 11.3. The third-order valence-corrected chi connectivity index (χ3v) is 8.61. The number of fused-ring (bicyclic) bond motifs is 1. The topological polar surface area (TPSA) is 43.9 Å². The van der Waals surface area contributed by atoms with Gasteiger partial charge in [0.05, 0.1) is 12.6 Å². The molecule has 2 aliphatic heterocycles. The van der Waals surface area contributed by atoms with Gasteiger partial charge in [-0.2, -0.15) is 0 Å². The van der Waals surface area contributed by atoms with Gasteiger partial charge in [0.2, 0.25) is 11.8 Å². The minimum absolute atomic E-state index is 0.0270. The van der Waals surface area contributed by atoms with E-state index >= 15 is 0 Å². The SMILES string of the molecule is CCCCCCCCC(=O)N1CCN(C(=O)CN2CCc3sccc3C2c2cccc(F)c2)CC1C. The Morgan fingerprint density at radius 2 is 1.83 bits per heavy atom. The highest BCUT2D eigenvalue weighted by atomic mass is 32.1. The molecule has 36 heavy (non-hydrogen) atoms. The quantitative estimate of drug-likeness (QED) is 0.386. The molecular formula is C29H40FN3O2S. The van der Waals surface area contributed by atoms with E-state index in [1.54, 1.807) is 23.5 Å². The molecule has 0 saturated carbocycles. The van der Waals surface area contributed by atoms with Crippen LogP contribution in [0, 0.1) is 5.82 Å². The van der Waals surface area contributed by atoms with Gasteiger partial charge in [-0.3, -0.25) is 14.5 Å². The van der Waals surface area contributed by atoms with E-state index in [0.29, 0.717) is 32.6 Å². The first-order valence-corrected chi connectivity index (χ1v) is 14.5. The Hall–Kier alpha value is -2.25. The molecule has 7 heteroatoms. The van der Waals surface area contributed by atoms with Crippen molar-refractivity contribution in [3.05, 3.63) is 57.5 Å². The molecule has 2 aromatic rings. The zero-order chi connectivity index (χ0) is 25.5. The number of amides is 2. The van der Waals surface area contributed by atoms with Gasteiger partial charge in [-0.1, -0.05) is 51.2 Å². The van der Waals surface area contributed by atoms with E-state index in [1.807, 2.05) is 22.8 Å². The van der Waals surface area contributed by atoms with Crippen molar-refractivity contribution in [1.82, 2.24) is 14.7 Å². The van der Waals surface area contributed by atoms with Gasteiger partial charge in [-0.25, -0.2) is 4.39 Å². The van der Waals surface area contributed by atoms with Crippen molar-refractivity contribution in [2.24, 2.45) is 0 Å². The van der Waals surface area contributed by atoms with Crippen molar-refractivity contribution in [1.29, 1.82) is 0 Å². The number of piperazine rings is 1. The first-order valence-electron chi connectivity index (χ1n) is 13.6. The summed E-state index contributed by atoms with van der Waals surface area (Å²) in [5.74, 6) is 0.0546. The van der Waals surface area contributed by atoms with Crippen molar-refractivity contribution in [2.45, 2.75) is 77.3 Å². The standard InChI is InChI=1S/C29H40FN3O2S/c1-3-4-5-6-7-8-12-27(34)33-17-16-31(20-22(33)2)28(35)21-32-15-13-26-25(14-18-36-26)29(32)23-10-9-11-24(30)19-23/h9-11,14,18-19,22,29H,3-8,12-13,15-17,20-21H2,1-2H3. The summed E-state index contributed by atoms with van der Waals surface area (Å²) in [6.07, 6.45) is 8.56. The largest absolute Gasteiger partial charge is 0.338 e. The van der Waals surface area contributed by atoms with Crippen molar-refractivity contribution in [3.8, 4) is 0 Å². The molecular weight excluding hydrogens is 473 g/mol. The number of hydrogen-bond donors (Lipinski definition) is 0. The number of carbonyl (C=O) groups is 2. The third kappa shape index (κ3) is 6.54. The van der Waals surface area contributed by atoms with Gasteiger partial charge in [-0.15, -0.1) is 11.3 Å². The van der Waals surface area contributed by atoms with Crippen LogP contribution in [0.1, 0.15) is 80.8 Å². The average Bonchev–Trinajstić information content (AvgIpc) is 3.34. The molecule has 4 rings (SSSR count). The van der Waals surface area contributed by atoms with Crippen molar-refractivity contribution in [2.75, 3.05) is 32.7 Å². The number of rotatable bonds is 10. The van der Waals surface area contributed by atoms with Crippen LogP contribution in [-0.4, -0.2) is 65.3 Å². The summed E-state index contributed by atoms with van der Waals surface area (Å²) in [5.41, 5.74) is 2.07. The van der Waals surface area contributed by atoms with Crippen LogP contribution in [0.3, 0.4) is 0 Å². The second kappa shape index (κ2) is 12.8. The number of halogens is 1. The van der Waals surface area contributed by atoms with Crippen molar-refractivity contribution >= 4 is 23.2 Å². The van der Waals surface area contributed by atoms with E-state index in [9.17, 15) is 14.0 Å². The maximum atomic E-state index is 14.1. The summed E-state index contributed by atoms with van der Waals surface area (Å²) in [4.78, 5) is 33.6. The van der Waals surface area contributed by atoms with E-state index < -0.39 is 0 Å². The second-order valence-electron chi connectivity index (χ2n) is 10.3. The molecule has 2 unspecified atom stereocenters. The van der Waals surface area contributed by atoms with Crippen LogP contribution in [-0.2, 0) is 16.0 Å². The maximum Gasteiger partial charge on any atom is 0.236 e. The van der Waals surface area contributed by atoms with E-state index in [0.717, 1.165) is 31.4 Å². The highest BCUT2D eigenvalue weighted by molar-refractivity contribution is 7.10. The minimum atomic E-state index is -0.253. The lowest BCUT2D eigenvalue weighted by Crippen LogP contribution is -2.57. The predicted molar refractivity (Wildman–Crippen MR) is 144 cm³/mol. The minimum Gasteiger partial charge on any atom is -0.338 e. The van der Waals surface area contributed by atoms with Crippen LogP contribution in [0.2, 0.25) is 0 Å². The Morgan fingerprint density at radius 1 is 1.03 bits per heavy atom. The molecule has 1 aromatic heterocycles. The zero-order valence-electron chi connectivity index (χ0n) is 21.8. The molecule has 2 amide bonds. The highest BCUT2D eigenvalue weighted by Gasteiger charge is 2.34. The molecule has 5 nitrogen and oxygen atoms in total. The fourth-order valence-corrected chi connectivity index (χ4v) is 6.54. The fraction of sp³-hybridized carbons (Fsp3) is 0.586. The summed E-state index contributed by atoms with van der Waals surface area (Å²) >= 11 is 1.74. The summed E-state index contributed by atoms with van der Waals surface area (Å²) < 4.78 is 14.1. The summed E-state index contributed by atoms with van der Waals surface area (Å²) in [5, 5.41) is 2.09. The number of thiophene rings is 1. The Labute approximate surface area is 219 Å². The van der Waals surface area contributed by atoms with E-state index in [1.165, 1.54) is 42.2 Å². The molecule has 1 aromatic carbocycles. The maximum absolute atomic E-state index is 14.1. The van der Waals surface area contributed by atoms with Crippen LogP contribution in [0.25, 0.3) is 0 Å². The van der Waals surface area contributed by atoms with Crippen LogP contribution in [0.5, 0.6) is 0 Å². The Balaban J connectivity index is 1.33. The molecule has 0 bridgehead atoms. The van der Waals surface area contributed by atoms with Gasteiger partial charge in [0.1, 0.15) is 5.82 Å². The Morgan fingerprint density at radius 3 is 2.61 bits per heavy atom. The van der Waals surface area contributed by atoms with Crippen molar-refractivity contribution < 1.29 is 14.0 Å². The monoisotopic (exact) mass is 513 g/mol. The van der Waals surface area contributed by atoms with Gasteiger partial charge < -0.3 is 9.80 Å².